The number of aromatic nitrogens is 2. The van der Waals surface area contributed by atoms with Gasteiger partial charge in [0.15, 0.2) is 17.0 Å². The van der Waals surface area contributed by atoms with E-state index in [1.165, 1.54) is 11.3 Å². The highest BCUT2D eigenvalue weighted by molar-refractivity contribution is 7.18. The zero-order chi connectivity index (χ0) is 15.9. The van der Waals surface area contributed by atoms with E-state index < -0.39 is 0 Å². The second-order valence-electron chi connectivity index (χ2n) is 5.21. The predicted molar refractivity (Wildman–Crippen MR) is 95.2 cm³/mol. The summed E-state index contributed by atoms with van der Waals surface area (Å²) >= 11 is 1.53. The predicted octanol–water partition coefficient (Wildman–Crippen LogP) is 3.80. The topological polar surface area (TPSA) is 66.2 Å². The molecule has 4 heterocycles. The molecule has 0 N–H and O–H groups in total. The minimum atomic E-state index is 0.574. The van der Waals surface area contributed by atoms with Crippen LogP contribution in [0.25, 0.3) is 38.7 Å². The molecule has 1 aliphatic heterocycles. The summed E-state index contributed by atoms with van der Waals surface area (Å²) < 4.78 is 15.8. The van der Waals surface area contributed by atoms with Crippen LogP contribution in [0.4, 0.5) is 0 Å². The van der Waals surface area contributed by atoms with Crippen LogP contribution in [0.2, 0.25) is 0 Å². The molecule has 1 aliphatic rings. The standard InChI is InChI=1S/C18H10N3O2S/c1-2-5-13-11(4-1)20-17(22-13)15-7-8-16(24-15)18-21-12-10-19-9-3-6-14(12)23-18/h1-10H/q+1. The Bertz CT molecular complexity index is 1120. The van der Waals surface area contributed by atoms with Gasteiger partial charge in [-0.3, -0.25) is 0 Å². The van der Waals surface area contributed by atoms with Crippen molar-refractivity contribution in [3.05, 3.63) is 53.9 Å². The van der Waals surface area contributed by atoms with Gasteiger partial charge in [0, 0.05) is 6.08 Å². The van der Waals surface area contributed by atoms with Crippen LogP contribution in [0, 0.1) is 0 Å². The molecule has 1 aromatic carbocycles. The van der Waals surface area contributed by atoms with E-state index in [0.717, 1.165) is 26.5 Å². The quantitative estimate of drug-likeness (QED) is 0.524. The Morgan fingerprint density at radius 3 is 2.62 bits per heavy atom. The third-order valence-corrected chi connectivity index (χ3v) is 4.68. The molecule has 0 saturated carbocycles. The lowest BCUT2D eigenvalue weighted by Gasteiger charge is -1.88. The fourth-order valence-corrected chi connectivity index (χ4v) is 3.36. The van der Waals surface area contributed by atoms with Crippen LogP contribution in [-0.2, 0) is 0 Å². The summed E-state index contributed by atoms with van der Waals surface area (Å²) in [7, 11) is 0. The first-order valence-corrected chi connectivity index (χ1v) is 8.18. The summed E-state index contributed by atoms with van der Waals surface area (Å²) in [6, 6.07) is 11.7. The zero-order valence-electron chi connectivity index (χ0n) is 12.3. The molecule has 6 heteroatoms. The molecule has 0 amide bonds. The Morgan fingerprint density at radius 2 is 1.75 bits per heavy atom. The van der Waals surface area contributed by atoms with Crippen molar-refractivity contribution < 1.29 is 8.83 Å². The first-order chi connectivity index (χ1) is 11.9. The molecule has 3 aromatic heterocycles. The van der Waals surface area contributed by atoms with Crippen molar-refractivity contribution in [3.8, 4) is 21.5 Å². The molecule has 4 aromatic rings. The number of hydrogen-bond acceptors (Lipinski definition) is 5. The highest BCUT2D eigenvalue weighted by atomic mass is 32.1. The van der Waals surface area contributed by atoms with Crippen LogP contribution in [0.15, 0.2) is 51.3 Å². The lowest BCUT2D eigenvalue weighted by molar-refractivity contribution is 0.566. The zero-order valence-corrected chi connectivity index (χ0v) is 13.2. The maximum Gasteiger partial charge on any atom is 0.321 e. The average Bonchev–Trinajstić information content (AvgIpc) is 3.29. The van der Waals surface area contributed by atoms with E-state index in [9.17, 15) is 0 Å². The van der Waals surface area contributed by atoms with Crippen molar-refractivity contribution in [3.63, 3.8) is 0 Å². The van der Waals surface area contributed by atoms with Crippen LogP contribution in [-0.4, -0.2) is 22.4 Å². The normalized spacial score (nSPS) is 12.7. The van der Waals surface area contributed by atoms with Crippen LogP contribution in [0.1, 0.15) is 11.5 Å². The fraction of sp³-hybridized carbons (Fsp3) is 0. The summed E-state index contributed by atoms with van der Waals surface area (Å²) in [4.78, 5) is 10.9. The third kappa shape index (κ3) is 2.13. The van der Waals surface area contributed by atoms with Crippen molar-refractivity contribution in [2.24, 2.45) is 0 Å². The molecule has 0 aliphatic carbocycles. The number of hydrogen-bond donors (Lipinski definition) is 0. The monoisotopic (exact) mass is 332 g/mol. The molecule has 0 atom stereocenters. The number of rotatable bonds is 2. The number of nitrogens with zero attached hydrogens (tertiary/aromatic N) is 3. The van der Waals surface area contributed by atoms with E-state index in [4.69, 9.17) is 8.83 Å². The smallest absolute Gasteiger partial charge is 0.321 e. The highest BCUT2D eigenvalue weighted by Gasteiger charge is 2.18. The third-order valence-electron chi connectivity index (χ3n) is 3.62. The summed E-state index contributed by atoms with van der Waals surface area (Å²) in [6.45, 7) is 0. The Labute approximate surface area is 140 Å². The molecular weight excluding hydrogens is 322 g/mol. The maximum absolute atomic E-state index is 5.83. The van der Waals surface area contributed by atoms with Crippen LogP contribution >= 0.6 is 11.3 Å². The number of thiophene rings is 1. The Hall–Kier alpha value is -3.21. The van der Waals surface area contributed by atoms with E-state index >= 15 is 0 Å². The fourth-order valence-electron chi connectivity index (χ4n) is 2.50. The molecule has 114 valence electrons. The van der Waals surface area contributed by atoms with Crippen LogP contribution in [0.3, 0.4) is 0 Å². The van der Waals surface area contributed by atoms with Crippen molar-refractivity contribution in [1.82, 2.24) is 14.6 Å². The number of benzene rings is 1. The van der Waals surface area contributed by atoms with E-state index in [0.29, 0.717) is 17.5 Å². The Kier molecular flexibility index (Phi) is 2.85. The maximum atomic E-state index is 5.83. The first kappa shape index (κ1) is 13.2. The number of fused-ring (bicyclic) bond motifs is 2. The van der Waals surface area contributed by atoms with Gasteiger partial charge in [-0.05, 0) is 30.3 Å². The van der Waals surface area contributed by atoms with Gasteiger partial charge in [-0.25, -0.2) is 9.97 Å². The summed E-state index contributed by atoms with van der Waals surface area (Å²) in [5.41, 5.74) is 2.36. The number of para-hydroxylation sites is 2. The van der Waals surface area contributed by atoms with E-state index in [-0.39, 0.29) is 0 Å². The number of allylic oxidation sites excluding steroid dienone is 1. The molecule has 0 fully saturated rings. The van der Waals surface area contributed by atoms with Gasteiger partial charge in [-0.15, -0.1) is 11.3 Å². The van der Waals surface area contributed by atoms with Gasteiger partial charge in [0.25, 0.3) is 6.21 Å². The first-order valence-electron chi connectivity index (χ1n) is 7.37. The molecule has 5 nitrogen and oxygen atoms in total. The van der Waals surface area contributed by atoms with Gasteiger partial charge in [-0.1, -0.05) is 16.8 Å². The van der Waals surface area contributed by atoms with Gasteiger partial charge >= 0.3 is 6.21 Å². The second kappa shape index (κ2) is 5.16. The summed E-state index contributed by atoms with van der Waals surface area (Å²) in [5, 5.41) is 0. The number of oxazole rings is 2. The van der Waals surface area contributed by atoms with Crippen molar-refractivity contribution in [1.29, 1.82) is 0 Å². The van der Waals surface area contributed by atoms with Crippen molar-refractivity contribution >= 4 is 40.9 Å². The highest BCUT2D eigenvalue weighted by Crippen LogP contribution is 2.35. The largest absolute Gasteiger partial charge is 0.435 e. The van der Waals surface area contributed by atoms with Gasteiger partial charge in [-0.2, -0.15) is 0 Å². The summed E-state index contributed by atoms with van der Waals surface area (Å²) in [6.07, 6.45) is 7.08. The van der Waals surface area contributed by atoms with E-state index in [1.807, 2.05) is 48.6 Å². The lowest BCUT2D eigenvalue weighted by atomic mass is 10.3. The molecule has 0 spiro atoms. The van der Waals surface area contributed by atoms with Crippen molar-refractivity contribution in [2.75, 3.05) is 0 Å². The molecule has 0 unspecified atom stereocenters. The molecular formula is C18H10N3O2S+. The molecule has 0 bridgehead atoms. The van der Waals surface area contributed by atoms with E-state index in [1.54, 1.807) is 12.4 Å². The molecule has 24 heavy (non-hydrogen) atoms. The van der Waals surface area contributed by atoms with Crippen molar-refractivity contribution in [2.45, 2.75) is 0 Å². The molecule has 0 radical (unpaired) electrons. The van der Waals surface area contributed by atoms with Gasteiger partial charge in [0.1, 0.15) is 5.52 Å². The minimum absolute atomic E-state index is 0.574. The van der Waals surface area contributed by atoms with Gasteiger partial charge in [0.05, 0.1) is 9.75 Å². The molecule has 5 rings (SSSR count). The molecule has 0 saturated heterocycles. The lowest BCUT2D eigenvalue weighted by Crippen LogP contribution is -1.85. The minimum Gasteiger partial charge on any atom is -0.435 e. The Balaban J connectivity index is 1.55. The van der Waals surface area contributed by atoms with Gasteiger partial charge in [0.2, 0.25) is 11.8 Å². The SMILES string of the molecule is C1=Cc2oc(-c3ccc(-c4nc5ccccc5o4)s3)nc2C=[N+]=C1. The van der Waals surface area contributed by atoms with Gasteiger partial charge < -0.3 is 8.83 Å². The van der Waals surface area contributed by atoms with E-state index in [2.05, 4.69) is 14.6 Å². The average molecular weight is 332 g/mol. The second-order valence-corrected chi connectivity index (χ2v) is 6.29. The summed E-state index contributed by atoms with van der Waals surface area (Å²) in [5.74, 6) is 1.89. The van der Waals surface area contributed by atoms with Crippen LogP contribution in [0.5, 0.6) is 0 Å². The van der Waals surface area contributed by atoms with Crippen LogP contribution < -0.4 is 4.67 Å². The Morgan fingerprint density at radius 1 is 0.917 bits per heavy atom.